The molecule has 0 aliphatic heterocycles. The van der Waals surface area contributed by atoms with Gasteiger partial charge in [0, 0.05) is 36.7 Å². The molecule has 2 amide bonds. The smallest absolute Gasteiger partial charge is 0.316 e. The number of primary amides is 1. The third-order valence-corrected chi connectivity index (χ3v) is 3.53. The van der Waals surface area contributed by atoms with Gasteiger partial charge in [0.15, 0.2) is 0 Å². The number of carbonyl (C=O) groups is 1. The minimum atomic E-state index is -0.547. The van der Waals surface area contributed by atoms with E-state index in [0.717, 1.165) is 13.1 Å². The lowest BCUT2D eigenvalue weighted by Crippen LogP contribution is -2.20. The molecule has 2 rings (SSSR count). The van der Waals surface area contributed by atoms with Crippen molar-refractivity contribution in [2.75, 3.05) is 5.32 Å². The predicted octanol–water partition coefficient (Wildman–Crippen LogP) is 2.85. The maximum atomic E-state index is 10.8. The van der Waals surface area contributed by atoms with Gasteiger partial charge in [-0.3, -0.25) is 0 Å². The van der Waals surface area contributed by atoms with Crippen LogP contribution in [0, 0.1) is 0 Å². The Kier molecular flexibility index (Phi) is 5.00. The molecule has 0 bridgehead atoms. The van der Waals surface area contributed by atoms with E-state index in [1.54, 1.807) is 0 Å². The van der Waals surface area contributed by atoms with Crippen LogP contribution in [0.4, 0.5) is 10.5 Å². The molecule has 0 fully saturated rings. The molecule has 1 heterocycles. The Hall–Kier alpha value is -2.27. The van der Waals surface area contributed by atoms with E-state index < -0.39 is 6.03 Å². The number of nitrogens with one attached hydrogen (secondary N) is 2. The van der Waals surface area contributed by atoms with Crippen molar-refractivity contribution in [2.24, 2.45) is 5.73 Å². The number of nitrogens with two attached hydrogens (primary N) is 1. The van der Waals surface area contributed by atoms with Gasteiger partial charge in [-0.25, -0.2) is 4.79 Å². The fourth-order valence-corrected chi connectivity index (χ4v) is 2.29. The summed E-state index contributed by atoms with van der Waals surface area (Å²) in [5, 5.41) is 6.06. The molecule has 0 spiro atoms. The first kappa shape index (κ1) is 15.1. The van der Waals surface area contributed by atoms with Gasteiger partial charge in [0.25, 0.3) is 0 Å². The number of nitrogens with zero attached hydrogens (tertiary/aromatic N) is 1. The number of aryl methyl sites for hydroxylation is 1. The van der Waals surface area contributed by atoms with E-state index in [0.29, 0.717) is 5.69 Å². The summed E-state index contributed by atoms with van der Waals surface area (Å²) in [4.78, 5) is 10.8. The summed E-state index contributed by atoms with van der Waals surface area (Å²) in [6, 6.07) is 11.6. The molecule has 4 N–H and O–H groups in total. The standard InChI is InChI=1S/C16H22N4O/c1-3-20-10-4-5-15(20)11-18-12(2)13-6-8-14(9-7-13)19-16(17)21/h4-10,12,18H,3,11H2,1-2H3,(H3,17,19,21). The second-order valence-corrected chi connectivity index (χ2v) is 5.00. The zero-order valence-corrected chi connectivity index (χ0v) is 12.5. The van der Waals surface area contributed by atoms with Gasteiger partial charge in [-0.15, -0.1) is 0 Å². The number of carbonyl (C=O) groups excluding carboxylic acids is 1. The molecule has 0 aliphatic carbocycles. The molecule has 0 saturated carbocycles. The number of urea groups is 1. The van der Waals surface area contributed by atoms with Crippen LogP contribution in [-0.4, -0.2) is 10.6 Å². The highest BCUT2D eigenvalue weighted by atomic mass is 16.2. The van der Waals surface area contributed by atoms with Gasteiger partial charge in [0.2, 0.25) is 0 Å². The van der Waals surface area contributed by atoms with Crippen molar-refractivity contribution in [3.8, 4) is 0 Å². The number of hydrogen-bond donors (Lipinski definition) is 3. The molecule has 1 aromatic carbocycles. The first-order valence-corrected chi connectivity index (χ1v) is 7.14. The maximum Gasteiger partial charge on any atom is 0.316 e. The predicted molar refractivity (Wildman–Crippen MR) is 85.0 cm³/mol. The minimum Gasteiger partial charge on any atom is -0.351 e. The molecule has 2 aromatic rings. The van der Waals surface area contributed by atoms with Crippen LogP contribution in [-0.2, 0) is 13.1 Å². The summed E-state index contributed by atoms with van der Waals surface area (Å²) < 4.78 is 2.22. The van der Waals surface area contributed by atoms with E-state index in [9.17, 15) is 4.79 Å². The Balaban J connectivity index is 1.94. The van der Waals surface area contributed by atoms with Crippen LogP contribution < -0.4 is 16.4 Å². The fourth-order valence-electron chi connectivity index (χ4n) is 2.29. The fraction of sp³-hybridized carbons (Fsp3) is 0.312. The first-order chi connectivity index (χ1) is 10.1. The number of hydrogen-bond acceptors (Lipinski definition) is 2. The second-order valence-electron chi connectivity index (χ2n) is 5.00. The highest BCUT2D eigenvalue weighted by Gasteiger charge is 2.06. The van der Waals surface area contributed by atoms with Crippen molar-refractivity contribution < 1.29 is 4.79 Å². The highest BCUT2D eigenvalue weighted by molar-refractivity contribution is 5.87. The largest absolute Gasteiger partial charge is 0.351 e. The Morgan fingerprint density at radius 1 is 1.29 bits per heavy atom. The second kappa shape index (κ2) is 6.95. The van der Waals surface area contributed by atoms with Gasteiger partial charge in [-0.1, -0.05) is 12.1 Å². The van der Waals surface area contributed by atoms with Gasteiger partial charge < -0.3 is 20.9 Å². The summed E-state index contributed by atoms with van der Waals surface area (Å²) >= 11 is 0. The van der Waals surface area contributed by atoms with Crippen molar-refractivity contribution in [2.45, 2.75) is 33.0 Å². The summed E-state index contributed by atoms with van der Waals surface area (Å²) in [6.45, 7) is 6.06. The lowest BCUT2D eigenvalue weighted by molar-refractivity contribution is 0.259. The minimum absolute atomic E-state index is 0.229. The molecule has 1 atom stereocenters. The summed E-state index contributed by atoms with van der Waals surface area (Å²) in [6.07, 6.45) is 2.09. The monoisotopic (exact) mass is 286 g/mol. The normalized spacial score (nSPS) is 12.1. The van der Waals surface area contributed by atoms with Gasteiger partial charge in [-0.2, -0.15) is 0 Å². The molecule has 21 heavy (non-hydrogen) atoms. The van der Waals surface area contributed by atoms with E-state index in [1.165, 1.54) is 11.3 Å². The number of anilines is 1. The Bertz CT molecular complexity index is 589. The van der Waals surface area contributed by atoms with Crippen LogP contribution in [0.5, 0.6) is 0 Å². The van der Waals surface area contributed by atoms with Gasteiger partial charge >= 0.3 is 6.03 Å². The number of benzene rings is 1. The third-order valence-electron chi connectivity index (χ3n) is 3.53. The zero-order valence-electron chi connectivity index (χ0n) is 12.5. The molecular weight excluding hydrogens is 264 g/mol. The van der Waals surface area contributed by atoms with Crippen LogP contribution in [0.1, 0.15) is 31.1 Å². The van der Waals surface area contributed by atoms with E-state index in [4.69, 9.17) is 5.73 Å². The van der Waals surface area contributed by atoms with Crippen molar-refractivity contribution >= 4 is 11.7 Å². The SMILES string of the molecule is CCn1cccc1CNC(C)c1ccc(NC(N)=O)cc1. The van der Waals surface area contributed by atoms with E-state index >= 15 is 0 Å². The highest BCUT2D eigenvalue weighted by Crippen LogP contribution is 2.16. The van der Waals surface area contributed by atoms with Crippen LogP contribution in [0.25, 0.3) is 0 Å². The molecule has 0 radical (unpaired) electrons. The van der Waals surface area contributed by atoms with Crippen LogP contribution in [0.15, 0.2) is 42.6 Å². The van der Waals surface area contributed by atoms with Crippen LogP contribution >= 0.6 is 0 Å². The third kappa shape index (κ3) is 4.10. The van der Waals surface area contributed by atoms with Gasteiger partial charge in [-0.05, 0) is 43.7 Å². The average Bonchev–Trinajstić information content (AvgIpc) is 2.92. The molecule has 112 valence electrons. The van der Waals surface area contributed by atoms with E-state index in [1.807, 2.05) is 24.3 Å². The first-order valence-electron chi connectivity index (χ1n) is 7.14. The maximum absolute atomic E-state index is 10.8. The average molecular weight is 286 g/mol. The van der Waals surface area contributed by atoms with Crippen molar-refractivity contribution in [1.82, 2.24) is 9.88 Å². The molecule has 1 aromatic heterocycles. The quantitative estimate of drug-likeness (QED) is 0.764. The zero-order chi connectivity index (χ0) is 15.2. The van der Waals surface area contributed by atoms with Crippen molar-refractivity contribution in [3.63, 3.8) is 0 Å². The molecule has 0 aliphatic rings. The molecule has 0 saturated heterocycles. The van der Waals surface area contributed by atoms with Crippen molar-refractivity contribution in [3.05, 3.63) is 53.9 Å². The summed E-state index contributed by atoms with van der Waals surface area (Å²) in [5.74, 6) is 0. The van der Waals surface area contributed by atoms with Gasteiger partial charge in [0.05, 0.1) is 0 Å². The van der Waals surface area contributed by atoms with Crippen LogP contribution in [0.3, 0.4) is 0 Å². The summed E-state index contributed by atoms with van der Waals surface area (Å²) in [7, 11) is 0. The van der Waals surface area contributed by atoms with Crippen molar-refractivity contribution in [1.29, 1.82) is 0 Å². The van der Waals surface area contributed by atoms with E-state index in [-0.39, 0.29) is 6.04 Å². The summed E-state index contributed by atoms with van der Waals surface area (Å²) in [5.41, 5.74) is 8.23. The molecular formula is C16H22N4O. The molecule has 1 unspecified atom stereocenters. The number of amides is 2. The van der Waals surface area contributed by atoms with Gasteiger partial charge in [0.1, 0.15) is 0 Å². The topological polar surface area (TPSA) is 72.1 Å². The Morgan fingerprint density at radius 2 is 2.00 bits per heavy atom. The number of aromatic nitrogens is 1. The Labute approximate surface area is 125 Å². The Morgan fingerprint density at radius 3 is 2.62 bits per heavy atom. The van der Waals surface area contributed by atoms with E-state index in [2.05, 4.69) is 47.4 Å². The number of rotatable bonds is 6. The molecule has 5 heteroatoms. The lowest BCUT2D eigenvalue weighted by atomic mass is 10.1. The van der Waals surface area contributed by atoms with Crippen LogP contribution in [0.2, 0.25) is 0 Å². The molecule has 5 nitrogen and oxygen atoms in total. The lowest BCUT2D eigenvalue weighted by Gasteiger charge is -2.16.